The van der Waals surface area contributed by atoms with Gasteiger partial charge in [0.25, 0.3) is 5.91 Å². The highest BCUT2D eigenvalue weighted by molar-refractivity contribution is 6.05. The minimum absolute atomic E-state index is 0.131. The third-order valence-corrected chi connectivity index (χ3v) is 4.79. The molecule has 4 N–H and O–H groups in total. The second kappa shape index (κ2) is 6.76. The zero-order valence-corrected chi connectivity index (χ0v) is 14.7. The Balaban J connectivity index is 1.61. The highest BCUT2D eigenvalue weighted by atomic mass is 16.2. The van der Waals surface area contributed by atoms with Gasteiger partial charge in [0.15, 0.2) is 0 Å². The number of nitrogens with one attached hydrogen (secondary N) is 2. The van der Waals surface area contributed by atoms with Gasteiger partial charge in [0.1, 0.15) is 11.7 Å². The van der Waals surface area contributed by atoms with Gasteiger partial charge in [-0.1, -0.05) is 11.3 Å². The van der Waals surface area contributed by atoms with Crippen LogP contribution in [0.1, 0.15) is 34.5 Å². The van der Waals surface area contributed by atoms with Gasteiger partial charge in [0.05, 0.1) is 18.4 Å². The number of rotatable bonds is 4. The van der Waals surface area contributed by atoms with Gasteiger partial charge in [-0.25, -0.2) is 9.48 Å². The number of nitrogens with zero attached hydrogens (tertiary/aromatic N) is 4. The number of fused-ring (bicyclic) bond motifs is 1. The number of hydrogen-bond donors (Lipinski definition) is 3. The fourth-order valence-electron chi connectivity index (χ4n) is 3.46. The fraction of sp³-hybridized carbons (Fsp3) is 0.294. The van der Waals surface area contributed by atoms with E-state index in [1.807, 2.05) is 0 Å². The van der Waals surface area contributed by atoms with Crippen LogP contribution in [-0.4, -0.2) is 49.7 Å². The Labute approximate surface area is 158 Å². The second-order valence-electron chi connectivity index (χ2n) is 6.58. The fourth-order valence-corrected chi connectivity index (χ4v) is 3.46. The third kappa shape index (κ3) is 3.06. The van der Waals surface area contributed by atoms with Crippen molar-refractivity contribution in [2.75, 3.05) is 0 Å². The van der Waals surface area contributed by atoms with Gasteiger partial charge in [-0.05, 0) is 18.6 Å². The van der Waals surface area contributed by atoms with Crippen LogP contribution in [0.15, 0.2) is 24.4 Å². The Morgan fingerprint density at radius 2 is 2.14 bits per heavy atom. The number of piperidine rings is 1. The molecule has 0 saturated carbocycles. The molecule has 0 spiro atoms. The molecular formula is C17H17N7O4. The summed E-state index contributed by atoms with van der Waals surface area (Å²) >= 11 is 0. The highest BCUT2D eigenvalue weighted by Gasteiger charge is 2.40. The maximum atomic E-state index is 12.8. The first-order valence-corrected chi connectivity index (χ1v) is 8.65. The number of amides is 5. The molecule has 0 bridgehead atoms. The molecule has 2 aromatic rings. The molecule has 3 heterocycles. The lowest BCUT2D eigenvalue weighted by Gasteiger charge is -2.29. The molecule has 0 radical (unpaired) electrons. The number of carbonyl (C=O) groups excluding carboxylic acids is 4. The number of urea groups is 1. The molecule has 0 aliphatic carbocycles. The van der Waals surface area contributed by atoms with E-state index in [-0.39, 0.29) is 31.3 Å². The molecule has 2 aliphatic heterocycles. The molecule has 1 unspecified atom stereocenters. The van der Waals surface area contributed by atoms with Crippen molar-refractivity contribution in [2.24, 2.45) is 5.73 Å². The Morgan fingerprint density at radius 3 is 2.89 bits per heavy atom. The van der Waals surface area contributed by atoms with E-state index in [9.17, 15) is 19.2 Å². The summed E-state index contributed by atoms with van der Waals surface area (Å²) in [5.41, 5.74) is 7.41. The van der Waals surface area contributed by atoms with Crippen LogP contribution in [0, 0.1) is 0 Å². The van der Waals surface area contributed by atoms with Crippen molar-refractivity contribution in [3.05, 3.63) is 41.2 Å². The number of nitrogens with two attached hydrogens (primary N) is 1. The largest absolute Gasteiger partial charge is 0.352 e. The molecule has 144 valence electrons. The third-order valence-electron chi connectivity index (χ3n) is 4.79. The van der Waals surface area contributed by atoms with E-state index in [2.05, 4.69) is 20.9 Å². The second-order valence-corrected chi connectivity index (χ2v) is 6.58. The average molecular weight is 383 g/mol. The van der Waals surface area contributed by atoms with Crippen molar-refractivity contribution in [1.82, 2.24) is 30.5 Å². The first-order valence-electron chi connectivity index (χ1n) is 8.65. The molecule has 11 nitrogen and oxygen atoms in total. The highest BCUT2D eigenvalue weighted by Crippen LogP contribution is 2.31. The van der Waals surface area contributed by atoms with Crippen molar-refractivity contribution in [2.45, 2.75) is 32.0 Å². The van der Waals surface area contributed by atoms with Gasteiger partial charge in [-0.2, -0.15) is 0 Å². The van der Waals surface area contributed by atoms with E-state index in [4.69, 9.17) is 5.73 Å². The summed E-state index contributed by atoms with van der Waals surface area (Å²) in [6.45, 7) is 0.358. The molecule has 5 amide bonds. The van der Waals surface area contributed by atoms with E-state index in [0.717, 1.165) is 5.56 Å². The summed E-state index contributed by atoms with van der Waals surface area (Å²) in [4.78, 5) is 48.7. The maximum Gasteiger partial charge on any atom is 0.312 e. The summed E-state index contributed by atoms with van der Waals surface area (Å²) in [5, 5.41) is 12.7. The molecule has 1 aromatic heterocycles. The predicted octanol–water partition coefficient (Wildman–Crippen LogP) is -0.803. The smallest absolute Gasteiger partial charge is 0.312 e. The number of primary amides is 1. The summed E-state index contributed by atoms with van der Waals surface area (Å²) in [7, 11) is 0. The van der Waals surface area contributed by atoms with Gasteiger partial charge in [-0.3, -0.25) is 19.7 Å². The lowest BCUT2D eigenvalue weighted by Crippen LogP contribution is -2.52. The molecule has 28 heavy (non-hydrogen) atoms. The van der Waals surface area contributed by atoms with Gasteiger partial charge in [-0.15, -0.1) is 5.10 Å². The van der Waals surface area contributed by atoms with Crippen LogP contribution in [0.25, 0.3) is 5.69 Å². The molecule has 1 fully saturated rings. The topological polar surface area (TPSA) is 152 Å². The SMILES string of the molecule is NC(=O)NCc1cn(-c2cccc3c2CN(C2CCC(=O)NC2=O)C3=O)nn1. The van der Waals surface area contributed by atoms with Crippen LogP contribution in [0.4, 0.5) is 4.79 Å². The van der Waals surface area contributed by atoms with E-state index in [1.165, 1.54) is 9.58 Å². The Morgan fingerprint density at radius 1 is 1.32 bits per heavy atom. The number of imide groups is 1. The van der Waals surface area contributed by atoms with Gasteiger partial charge >= 0.3 is 6.03 Å². The lowest BCUT2D eigenvalue weighted by molar-refractivity contribution is -0.136. The Kier molecular flexibility index (Phi) is 4.26. The van der Waals surface area contributed by atoms with Crippen LogP contribution in [0.5, 0.6) is 0 Å². The average Bonchev–Trinajstić information content (AvgIpc) is 3.25. The Hall–Kier alpha value is -3.76. The number of aromatic nitrogens is 3. The van der Waals surface area contributed by atoms with E-state index in [1.54, 1.807) is 24.4 Å². The van der Waals surface area contributed by atoms with Crippen molar-refractivity contribution in [3.8, 4) is 5.69 Å². The molecule has 1 saturated heterocycles. The number of benzene rings is 1. The van der Waals surface area contributed by atoms with Crippen molar-refractivity contribution < 1.29 is 19.2 Å². The molecule has 1 atom stereocenters. The summed E-state index contributed by atoms with van der Waals surface area (Å²) in [5.74, 6) is -1.05. The minimum atomic E-state index is -0.684. The summed E-state index contributed by atoms with van der Waals surface area (Å²) in [6, 6.07) is 3.86. The monoisotopic (exact) mass is 383 g/mol. The lowest BCUT2D eigenvalue weighted by atomic mass is 10.0. The van der Waals surface area contributed by atoms with Crippen LogP contribution < -0.4 is 16.4 Å². The van der Waals surface area contributed by atoms with Crippen molar-refractivity contribution in [1.29, 1.82) is 0 Å². The standard InChI is InChI=1S/C17H17N7O4/c18-17(28)19-6-9-7-24(22-21-9)12-3-1-2-10-11(12)8-23(16(10)27)13-4-5-14(25)20-15(13)26/h1-3,7,13H,4-6,8H2,(H3,18,19,28)(H,20,25,26). The summed E-state index contributed by atoms with van der Waals surface area (Å²) < 4.78 is 1.51. The molecule has 4 rings (SSSR count). The zero-order chi connectivity index (χ0) is 19.8. The Bertz CT molecular complexity index is 999. The van der Waals surface area contributed by atoms with Crippen molar-refractivity contribution in [3.63, 3.8) is 0 Å². The first-order chi connectivity index (χ1) is 13.4. The van der Waals surface area contributed by atoms with Crippen LogP contribution in [0.2, 0.25) is 0 Å². The minimum Gasteiger partial charge on any atom is -0.352 e. The molecule has 2 aliphatic rings. The van der Waals surface area contributed by atoms with Crippen LogP contribution in [0.3, 0.4) is 0 Å². The first kappa shape index (κ1) is 17.6. The zero-order valence-electron chi connectivity index (χ0n) is 14.7. The van der Waals surface area contributed by atoms with Gasteiger partial charge < -0.3 is 16.0 Å². The van der Waals surface area contributed by atoms with Gasteiger partial charge in [0, 0.05) is 24.1 Å². The van der Waals surface area contributed by atoms with Crippen molar-refractivity contribution >= 4 is 23.8 Å². The summed E-state index contributed by atoms with van der Waals surface area (Å²) in [6.07, 6.45) is 2.12. The maximum absolute atomic E-state index is 12.8. The quantitative estimate of drug-likeness (QED) is 0.588. The van der Waals surface area contributed by atoms with E-state index >= 15 is 0 Å². The normalized spacial score (nSPS) is 18.8. The van der Waals surface area contributed by atoms with Crippen LogP contribution in [-0.2, 0) is 22.7 Å². The molecule has 11 heteroatoms. The molecular weight excluding hydrogens is 366 g/mol. The van der Waals surface area contributed by atoms with E-state index < -0.39 is 18.0 Å². The van der Waals surface area contributed by atoms with E-state index in [0.29, 0.717) is 23.4 Å². The number of hydrogen-bond acceptors (Lipinski definition) is 6. The molecule has 1 aromatic carbocycles. The number of carbonyl (C=O) groups is 4. The van der Waals surface area contributed by atoms with Crippen LogP contribution >= 0.6 is 0 Å². The predicted molar refractivity (Wildman–Crippen MR) is 93.8 cm³/mol. The van der Waals surface area contributed by atoms with Gasteiger partial charge in [0.2, 0.25) is 11.8 Å².